The fourth-order valence-electron chi connectivity index (χ4n) is 2.63. The van der Waals surface area contributed by atoms with Crippen molar-refractivity contribution in [3.63, 3.8) is 0 Å². The lowest BCUT2D eigenvalue weighted by atomic mass is 10.1. The molecule has 1 N–H and O–H groups in total. The highest BCUT2D eigenvalue weighted by atomic mass is 32.2. The number of hydrogen-bond acceptors (Lipinski definition) is 3. The van der Waals surface area contributed by atoms with E-state index in [-0.39, 0.29) is 0 Å². The second-order valence-corrected chi connectivity index (χ2v) is 6.37. The molecule has 0 aromatic heterocycles. The normalized spacial score (nSPS) is 18.4. The van der Waals surface area contributed by atoms with Crippen molar-refractivity contribution in [2.45, 2.75) is 43.7 Å². The van der Waals surface area contributed by atoms with Crippen LogP contribution in [-0.2, 0) is 6.54 Å². The van der Waals surface area contributed by atoms with Crippen LogP contribution in [0.3, 0.4) is 0 Å². The Morgan fingerprint density at radius 3 is 2.47 bits per heavy atom. The Balaban J connectivity index is 1.71. The number of nitrogens with zero attached hydrogens (tertiary/aromatic N) is 1. The van der Waals surface area contributed by atoms with E-state index in [1.165, 1.54) is 49.4 Å². The molecule has 1 heterocycles. The van der Waals surface area contributed by atoms with Gasteiger partial charge in [-0.25, -0.2) is 0 Å². The molecule has 0 radical (unpaired) electrons. The zero-order valence-corrected chi connectivity index (χ0v) is 13.0. The first kappa shape index (κ1) is 14.9. The summed E-state index contributed by atoms with van der Waals surface area (Å²) < 4.78 is 0. The van der Waals surface area contributed by atoms with E-state index in [0.29, 0.717) is 6.04 Å². The molecule has 0 bridgehead atoms. The minimum Gasteiger partial charge on any atom is -0.309 e. The van der Waals surface area contributed by atoms with Crippen LogP contribution in [0, 0.1) is 0 Å². The lowest BCUT2D eigenvalue weighted by molar-refractivity contribution is 0.209. The van der Waals surface area contributed by atoms with E-state index in [0.717, 1.165) is 6.54 Å². The zero-order valence-electron chi connectivity index (χ0n) is 12.2. The molecular formula is C16H26N2S. The molecule has 2 nitrogen and oxygen atoms in total. The van der Waals surface area contributed by atoms with Crippen LogP contribution in [0.15, 0.2) is 29.2 Å². The fourth-order valence-corrected chi connectivity index (χ4v) is 3.04. The van der Waals surface area contributed by atoms with Gasteiger partial charge in [-0.2, -0.15) is 0 Å². The molecule has 19 heavy (non-hydrogen) atoms. The fraction of sp³-hybridized carbons (Fsp3) is 0.625. The molecule has 0 saturated carbocycles. The van der Waals surface area contributed by atoms with Crippen molar-refractivity contribution < 1.29 is 0 Å². The molecule has 1 atom stereocenters. The highest BCUT2D eigenvalue weighted by molar-refractivity contribution is 7.98. The van der Waals surface area contributed by atoms with Gasteiger partial charge in [0.25, 0.3) is 0 Å². The van der Waals surface area contributed by atoms with Gasteiger partial charge in [-0.1, -0.05) is 18.6 Å². The van der Waals surface area contributed by atoms with Crippen molar-refractivity contribution in [2.24, 2.45) is 0 Å². The van der Waals surface area contributed by atoms with E-state index in [2.05, 4.69) is 47.7 Å². The van der Waals surface area contributed by atoms with Gasteiger partial charge in [-0.3, -0.25) is 0 Å². The van der Waals surface area contributed by atoms with E-state index in [1.807, 2.05) is 0 Å². The van der Waals surface area contributed by atoms with Crippen LogP contribution < -0.4 is 5.32 Å². The number of nitrogens with one attached hydrogen (secondary N) is 1. The topological polar surface area (TPSA) is 15.3 Å². The van der Waals surface area contributed by atoms with Crippen LogP contribution in [0.1, 0.15) is 31.7 Å². The molecule has 1 fully saturated rings. The van der Waals surface area contributed by atoms with Gasteiger partial charge in [0.1, 0.15) is 0 Å². The van der Waals surface area contributed by atoms with Crippen LogP contribution in [0.25, 0.3) is 0 Å². The van der Waals surface area contributed by atoms with E-state index in [1.54, 1.807) is 11.8 Å². The monoisotopic (exact) mass is 278 g/mol. The lowest BCUT2D eigenvalue weighted by Gasteiger charge is -2.29. The third kappa shape index (κ3) is 5.17. The number of hydrogen-bond donors (Lipinski definition) is 1. The number of piperidine rings is 1. The third-order valence-corrected chi connectivity index (χ3v) is 4.54. The van der Waals surface area contributed by atoms with Gasteiger partial charge in [0.05, 0.1) is 0 Å². The number of benzene rings is 1. The maximum Gasteiger partial charge on any atom is 0.0208 e. The predicted molar refractivity (Wildman–Crippen MR) is 84.8 cm³/mol. The Bertz CT molecular complexity index is 358. The lowest BCUT2D eigenvalue weighted by Crippen LogP contribution is -2.41. The summed E-state index contributed by atoms with van der Waals surface area (Å²) >= 11 is 1.80. The summed E-state index contributed by atoms with van der Waals surface area (Å²) in [7, 11) is 0. The molecule has 1 aromatic carbocycles. The summed E-state index contributed by atoms with van der Waals surface area (Å²) in [6.45, 7) is 7.03. The molecular weight excluding hydrogens is 252 g/mol. The maximum atomic E-state index is 3.64. The number of likely N-dealkylation sites (tertiary alicyclic amines) is 1. The molecule has 2 rings (SSSR count). The smallest absolute Gasteiger partial charge is 0.0208 e. The van der Waals surface area contributed by atoms with Crippen LogP contribution in [0.4, 0.5) is 0 Å². The van der Waals surface area contributed by atoms with E-state index in [9.17, 15) is 0 Å². The van der Waals surface area contributed by atoms with E-state index >= 15 is 0 Å². The Morgan fingerprint density at radius 2 is 1.84 bits per heavy atom. The van der Waals surface area contributed by atoms with Crippen LogP contribution >= 0.6 is 11.8 Å². The van der Waals surface area contributed by atoms with Crippen LogP contribution in [0.2, 0.25) is 0 Å². The Hall–Kier alpha value is -0.510. The highest BCUT2D eigenvalue weighted by Crippen LogP contribution is 2.15. The summed E-state index contributed by atoms with van der Waals surface area (Å²) in [5, 5.41) is 3.64. The minimum atomic E-state index is 0.568. The first-order chi connectivity index (χ1) is 9.28. The Morgan fingerprint density at radius 1 is 1.16 bits per heavy atom. The van der Waals surface area contributed by atoms with E-state index < -0.39 is 0 Å². The predicted octanol–water partition coefficient (Wildman–Crippen LogP) is 3.37. The average Bonchev–Trinajstić information content (AvgIpc) is 2.47. The quantitative estimate of drug-likeness (QED) is 0.803. The molecule has 1 aromatic rings. The summed E-state index contributed by atoms with van der Waals surface area (Å²) in [4.78, 5) is 3.93. The van der Waals surface area contributed by atoms with E-state index in [4.69, 9.17) is 0 Å². The first-order valence-corrected chi connectivity index (χ1v) is 8.59. The maximum absolute atomic E-state index is 3.64. The van der Waals surface area contributed by atoms with Crippen molar-refractivity contribution in [3.05, 3.63) is 29.8 Å². The molecule has 1 aliphatic heterocycles. The highest BCUT2D eigenvalue weighted by Gasteiger charge is 2.12. The average molecular weight is 278 g/mol. The molecule has 3 heteroatoms. The summed E-state index contributed by atoms with van der Waals surface area (Å²) in [6, 6.07) is 9.44. The second-order valence-electron chi connectivity index (χ2n) is 5.49. The Kier molecular flexibility index (Phi) is 6.21. The number of rotatable bonds is 6. The molecule has 0 spiro atoms. The van der Waals surface area contributed by atoms with Crippen molar-refractivity contribution in [1.29, 1.82) is 0 Å². The summed E-state index contributed by atoms with van der Waals surface area (Å²) in [5.74, 6) is 0. The number of thioether (sulfide) groups is 1. The van der Waals surface area contributed by atoms with Crippen molar-refractivity contribution in [2.75, 3.05) is 25.9 Å². The van der Waals surface area contributed by atoms with Gasteiger partial charge in [0, 0.05) is 24.0 Å². The van der Waals surface area contributed by atoms with Gasteiger partial charge in [0.2, 0.25) is 0 Å². The zero-order chi connectivity index (χ0) is 13.5. The SMILES string of the molecule is CSc1ccc(CNC(C)CN2CCCCC2)cc1. The van der Waals surface area contributed by atoms with Crippen LogP contribution in [0.5, 0.6) is 0 Å². The van der Waals surface area contributed by atoms with Gasteiger partial charge in [0.15, 0.2) is 0 Å². The molecule has 0 amide bonds. The molecule has 1 unspecified atom stereocenters. The standard InChI is InChI=1S/C16H26N2S/c1-14(13-18-10-4-3-5-11-18)17-12-15-6-8-16(19-2)9-7-15/h6-9,14,17H,3-5,10-13H2,1-2H3. The molecule has 1 saturated heterocycles. The van der Waals surface area contributed by atoms with Crippen molar-refractivity contribution >= 4 is 11.8 Å². The summed E-state index contributed by atoms with van der Waals surface area (Å²) in [5.41, 5.74) is 1.38. The van der Waals surface area contributed by atoms with Gasteiger partial charge in [-0.05, 0) is 56.8 Å². The second kappa shape index (κ2) is 7.93. The largest absolute Gasteiger partial charge is 0.309 e. The third-order valence-electron chi connectivity index (χ3n) is 3.79. The Labute approximate surface area is 122 Å². The van der Waals surface area contributed by atoms with Gasteiger partial charge in [-0.15, -0.1) is 11.8 Å². The molecule has 106 valence electrons. The van der Waals surface area contributed by atoms with Crippen molar-refractivity contribution in [3.8, 4) is 0 Å². The minimum absolute atomic E-state index is 0.568. The summed E-state index contributed by atoms with van der Waals surface area (Å²) in [6.07, 6.45) is 6.29. The molecule has 1 aliphatic rings. The molecule has 0 aliphatic carbocycles. The van der Waals surface area contributed by atoms with Crippen LogP contribution in [-0.4, -0.2) is 36.8 Å². The van der Waals surface area contributed by atoms with Gasteiger partial charge >= 0.3 is 0 Å². The van der Waals surface area contributed by atoms with Crippen molar-refractivity contribution in [1.82, 2.24) is 10.2 Å². The first-order valence-electron chi connectivity index (χ1n) is 7.36. The van der Waals surface area contributed by atoms with Gasteiger partial charge < -0.3 is 10.2 Å².